The summed E-state index contributed by atoms with van der Waals surface area (Å²) < 4.78 is 10.6. The molecule has 1 aliphatic rings. The largest absolute Gasteiger partial charge is 0.457 e. The number of ether oxygens (including phenoxy) is 2. The van der Waals surface area contributed by atoms with Crippen LogP contribution in [0.25, 0.3) is 0 Å². The van der Waals surface area contributed by atoms with Crippen molar-refractivity contribution in [3.8, 4) is 0 Å². The third-order valence-corrected chi connectivity index (χ3v) is 4.41. The minimum absolute atomic E-state index is 0.148. The van der Waals surface area contributed by atoms with Crippen molar-refractivity contribution in [1.82, 2.24) is 9.80 Å². The maximum absolute atomic E-state index is 13.2. The molecule has 0 unspecified atom stereocenters. The molecule has 0 bridgehead atoms. The average molecular weight is 437 g/mol. The molecule has 0 N–H and O–H groups in total. The first-order valence-corrected chi connectivity index (χ1v) is 9.75. The highest BCUT2D eigenvalue weighted by atomic mass is 16.6. The van der Waals surface area contributed by atoms with Gasteiger partial charge in [0.2, 0.25) is 11.8 Å². The second-order valence-corrected chi connectivity index (χ2v) is 9.66. The van der Waals surface area contributed by atoms with Crippen LogP contribution in [0, 0.1) is 5.41 Å². The summed E-state index contributed by atoms with van der Waals surface area (Å²) >= 11 is 0. The first kappa shape index (κ1) is 26.1. The van der Waals surface area contributed by atoms with Crippen LogP contribution in [-0.2, 0) is 28.7 Å². The summed E-state index contributed by atoms with van der Waals surface area (Å²) in [4.78, 5) is 65.1. The van der Waals surface area contributed by atoms with Crippen molar-refractivity contribution >= 4 is 29.8 Å². The van der Waals surface area contributed by atoms with Gasteiger partial charge in [0.15, 0.2) is 0 Å². The van der Waals surface area contributed by atoms with Crippen LogP contribution in [0.3, 0.4) is 0 Å². The minimum atomic E-state index is -1.97. The zero-order valence-electron chi connectivity index (χ0n) is 19.6. The van der Waals surface area contributed by atoms with Crippen LogP contribution in [-0.4, -0.2) is 64.9 Å². The van der Waals surface area contributed by atoms with Crippen molar-refractivity contribution < 1.29 is 33.4 Å². The number of nitrogens with zero attached hydrogens (tertiary/aromatic N) is 2. The summed E-state index contributed by atoms with van der Waals surface area (Å²) in [6.07, 6.45) is -0.910. The van der Waals surface area contributed by atoms with E-state index in [1.807, 2.05) is 0 Å². The van der Waals surface area contributed by atoms with E-state index in [9.17, 15) is 24.0 Å². The minimum Gasteiger partial charge on any atom is -0.457 e. The lowest BCUT2D eigenvalue weighted by atomic mass is 9.73. The predicted molar refractivity (Wildman–Crippen MR) is 113 cm³/mol. The van der Waals surface area contributed by atoms with Gasteiger partial charge in [-0.25, -0.2) is 14.4 Å². The molecule has 1 heterocycles. The molecule has 1 rings (SSSR count). The van der Waals surface area contributed by atoms with E-state index in [0.29, 0.717) is 0 Å². The van der Waals surface area contributed by atoms with Crippen LogP contribution in [0.2, 0.25) is 0 Å². The molecule has 1 saturated heterocycles. The van der Waals surface area contributed by atoms with E-state index < -0.39 is 59.2 Å². The number of carbonyl (C=O) groups excluding carboxylic acids is 5. The molecule has 172 valence electrons. The van der Waals surface area contributed by atoms with E-state index in [2.05, 4.69) is 13.2 Å². The van der Waals surface area contributed by atoms with Crippen molar-refractivity contribution in [3.05, 3.63) is 24.3 Å². The Hall–Kier alpha value is -2.97. The standard InChI is InChI=1S/C22H32N2O7/c1-13(15(25)30-20(3,4)5)11-22(12-14(2)16(26)31-21(6,7)8)17(27)23(9)19(29)24(10)18(22)28/h1-2,11-12H2,3-10H3. The van der Waals surface area contributed by atoms with E-state index in [1.165, 1.54) is 14.1 Å². The third-order valence-electron chi connectivity index (χ3n) is 4.41. The number of urea groups is 1. The summed E-state index contributed by atoms with van der Waals surface area (Å²) in [5, 5.41) is 0. The van der Waals surface area contributed by atoms with Gasteiger partial charge >= 0.3 is 18.0 Å². The maximum Gasteiger partial charge on any atom is 0.333 e. The normalized spacial score (nSPS) is 16.8. The SMILES string of the molecule is C=C(CC1(CC(=C)C(=O)OC(C)(C)C)C(=O)N(C)C(=O)N(C)C1=O)C(=O)OC(C)(C)C. The predicted octanol–water partition coefficient (Wildman–Crippen LogP) is 2.60. The lowest BCUT2D eigenvalue weighted by molar-refractivity contribution is -0.158. The van der Waals surface area contributed by atoms with Crippen molar-refractivity contribution in [2.75, 3.05) is 14.1 Å². The zero-order valence-corrected chi connectivity index (χ0v) is 19.6. The molecule has 0 saturated carbocycles. The number of hydrogen-bond donors (Lipinski definition) is 0. The second-order valence-electron chi connectivity index (χ2n) is 9.66. The van der Waals surface area contributed by atoms with Crippen molar-refractivity contribution in [2.24, 2.45) is 5.41 Å². The van der Waals surface area contributed by atoms with Crippen molar-refractivity contribution in [1.29, 1.82) is 0 Å². The zero-order chi connectivity index (χ0) is 24.5. The van der Waals surface area contributed by atoms with Crippen LogP contribution in [0.15, 0.2) is 24.3 Å². The summed E-state index contributed by atoms with van der Waals surface area (Å²) in [5.41, 5.74) is -3.91. The van der Waals surface area contributed by atoms with Gasteiger partial charge in [-0.15, -0.1) is 0 Å². The van der Waals surface area contributed by atoms with Gasteiger partial charge in [-0.1, -0.05) is 13.2 Å². The molecule has 1 fully saturated rings. The Morgan fingerprint density at radius 2 is 1.06 bits per heavy atom. The quantitative estimate of drug-likeness (QED) is 0.357. The molecule has 31 heavy (non-hydrogen) atoms. The molecule has 0 spiro atoms. The molecule has 0 aliphatic carbocycles. The fourth-order valence-corrected chi connectivity index (χ4v) is 3.07. The van der Waals surface area contributed by atoms with Gasteiger partial charge in [0.05, 0.1) is 0 Å². The van der Waals surface area contributed by atoms with Gasteiger partial charge in [-0.2, -0.15) is 0 Å². The van der Waals surface area contributed by atoms with Crippen LogP contribution < -0.4 is 0 Å². The summed E-state index contributed by atoms with van der Waals surface area (Å²) in [6, 6.07) is -0.823. The molecular formula is C22H32N2O7. The molecule has 0 atom stereocenters. The summed E-state index contributed by atoms with van der Waals surface area (Å²) in [5.74, 6) is -3.32. The molecule has 9 nitrogen and oxygen atoms in total. The second kappa shape index (κ2) is 8.64. The molecule has 0 radical (unpaired) electrons. The lowest BCUT2D eigenvalue weighted by Crippen LogP contribution is -2.63. The average Bonchev–Trinajstić information content (AvgIpc) is 2.60. The van der Waals surface area contributed by atoms with E-state index in [1.54, 1.807) is 41.5 Å². The Labute approximate surface area is 183 Å². The smallest absolute Gasteiger partial charge is 0.333 e. The first-order valence-electron chi connectivity index (χ1n) is 9.75. The molecule has 9 heteroatoms. The van der Waals surface area contributed by atoms with Crippen LogP contribution in [0.1, 0.15) is 54.4 Å². The molecule has 4 amide bonds. The Morgan fingerprint density at radius 3 is 1.32 bits per heavy atom. The monoisotopic (exact) mass is 436 g/mol. The number of carbonyl (C=O) groups is 5. The van der Waals surface area contributed by atoms with Crippen molar-refractivity contribution in [2.45, 2.75) is 65.6 Å². The molecule has 1 aliphatic heterocycles. The molecule has 0 aromatic carbocycles. The highest BCUT2D eigenvalue weighted by molar-refractivity contribution is 6.19. The van der Waals surface area contributed by atoms with Gasteiger partial charge in [-0.05, 0) is 41.5 Å². The van der Waals surface area contributed by atoms with Crippen LogP contribution >= 0.6 is 0 Å². The Kier molecular flexibility index (Phi) is 7.27. The van der Waals surface area contributed by atoms with Gasteiger partial charge < -0.3 is 9.47 Å². The number of amides is 4. The van der Waals surface area contributed by atoms with Crippen molar-refractivity contribution in [3.63, 3.8) is 0 Å². The van der Waals surface area contributed by atoms with Crippen LogP contribution in [0.4, 0.5) is 4.79 Å². The fourth-order valence-electron chi connectivity index (χ4n) is 3.07. The highest BCUT2D eigenvalue weighted by Crippen LogP contribution is 2.40. The van der Waals surface area contributed by atoms with Gasteiger partial charge in [0, 0.05) is 38.1 Å². The van der Waals surface area contributed by atoms with Gasteiger partial charge in [0.1, 0.15) is 16.6 Å². The van der Waals surface area contributed by atoms with Crippen LogP contribution in [0.5, 0.6) is 0 Å². The van der Waals surface area contributed by atoms with E-state index in [4.69, 9.17) is 9.47 Å². The van der Waals surface area contributed by atoms with Gasteiger partial charge in [-0.3, -0.25) is 19.4 Å². The fraction of sp³-hybridized carbons (Fsp3) is 0.591. The number of rotatable bonds is 6. The highest BCUT2D eigenvalue weighted by Gasteiger charge is 2.56. The third kappa shape index (κ3) is 6.02. The molecular weight excluding hydrogens is 404 g/mol. The summed E-state index contributed by atoms with van der Waals surface area (Å²) in [7, 11) is 2.43. The van der Waals surface area contributed by atoms with E-state index in [0.717, 1.165) is 9.80 Å². The number of hydrogen-bond acceptors (Lipinski definition) is 7. The molecule has 0 aromatic rings. The molecule has 0 aromatic heterocycles. The number of esters is 2. The number of imide groups is 2. The van der Waals surface area contributed by atoms with E-state index in [-0.39, 0.29) is 11.1 Å². The summed E-state index contributed by atoms with van der Waals surface area (Å²) in [6.45, 7) is 17.3. The Morgan fingerprint density at radius 1 is 0.774 bits per heavy atom. The number of barbiturate groups is 1. The topological polar surface area (TPSA) is 110 Å². The van der Waals surface area contributed by atoms with Gasteiger partial charge in [0.25, 0.3) is 0 Å². The maximum atomic E-state index is 13.2. The Balaban J connectivity index is 3.38. The van der Waals surface area contributed by atoms with E-state index >= 15 is 0 Å². The Bertz CT molecular complexity index is 775. The first-order chi connectivity index (χ1) is 13.8. The lowest BCUT2D eigenvalue weighted by Gasteiger charge is -2.42.